The number of nitrogens with zero attached hydrogens (tertiary/aromatic N) is 1. The molecule has 1 saturated carbocycles. The van der Waals surface area contributed by atoms with Gasteiger partial charge in [-0.2, -0.15) is 5.26 Å². The van der Waals surface area contributed by atoms with Crippen LogP contribution in [0.25, 0.3) is 0 Å². The van der Waals surface area contributed by atoms with Crippen molar-refractivity contribution in [3.63, 3.8) is 0 Å². The van der Waals surface area contributed by atoms with Gasteiger partial charge in [0.2, 0.25) is 5.91 Å². The van der Waals surface area contributed by atoms with Crippen molar-refractivity contribution in [1.82, 2.24) is 5.32 Å². The molecule has 1 amide bonds. The van der Waals surface area contributed by atoms with Crippen LogP contribution in [0.1, 0.15) is 24.6 Å². The Labute approximate surface area is 113 Å². The average molecular weight is 313 g/mol. The highest BCUT2D eigenvalue weighted by atomic mass is 79.9. The van der Waals surface area contributed by atoms with E-state index >= 15 is 0 Å². The minimum absolute atomic E-state index is 0.123. The Balaban J connectivity index is 1.92. The quantitative estimate of drug-likeness (QED) is 0.932. The molecule has 0 unspecified atom stereocenters. The molecule has 17 heavy (non-hydrogen) atoms. The van der Waals surface area contributed by atoms with Crippen LogP contribution in [0.5, 0.6) is 0 Å². The first kappa shape index (κ1) is 12.6. The third-order valence-electron chi connectivity index (χ3n) is 3.09. The van der Waals surface area contributed by atoms with E-state index in [1.807, 2.05) is 11.4 Å². The zero-order valence-electron chi connectivity index (χ0n) is 9.50. The van der Waals surface area contributed by atoms with Crippen LogP contribution in [-0.2, 0) is 11.3 Å². The normalized spacial score (nSPS) is 27.0. The molecular weight excluding hydrogens is 300 g/mol. The molecular formula is C12H13BrN2OS. The van der Waals surface area contributed by atoms with Gasteiger partial charge in [0.25, 0.3) is 0 Å². The summed E-state index contributed by atoms with van der Waals surface area (Å²) < 4.78 is 1.03. The second-order valence-corrected chi connectivity index (χ2v) is 6.53. The number of carbonyl (C=O) groups excluding carboxylic acids is 1. The van der Waals surface area contributed by atoms with E-state index in [1.165, 1.54) is 0 Å². The van der Waals surface area contributed by atoms with Gasteiger partial charge >= 0.3 is 0 Å². The Kier molecular flexibility index (Phi) is 3.55. The smallest absolute Gasteiger partial charge is 0.240 e. The van der Waals surface area contributed by atoms with Gasteiger partial charge in [-0.05, 0) is 40.8 Å². The average Bonchev–Trinajstić information content (AvgIpc) is 2.67. The minimum atomic E-state index is -0.770. The first-order chi connectivity index (χ1) is 8.05. The van der Waals surface area contributed by atoms with Crippen LogP contribution in [0.3, 0.4) is 0 Å². The highest BCUT2D eigenvalue weighted by molar-refractivity contribution is 9.10. The highest BCUT2D eigenvalue weighted by Gasteiger charge is 2.48. The Morgan fingerprint density at radius 2 is 2.47 bits per heavy atom. The predicted molar refractivity (Wildman–Crippen MR) is 70.3 cm³/mol. The Morgan fingerprint density at radius 1 is 1.76 bits per heavy atom. The lowest BCUT2D eigenvalue weighted by Gasteiger charge is -2.39. The van der Waals surface area contributed by atoms with E-state index in [0.717, 1.165) is 9.35 Å². The van der Waals surface area contributed by atoms with Gasteiger partial charge in [-0.25, -0.2) is 0 Å². The molecule has 90 valence electrons. The minimum Gasteiger partial charge on any atom is -0.350 e. The molecule has 0 saturated heterocycles. The third-order valence-corrected chi connectivity index (χ3v) is 4.79. The summed E-state index contributed by atoms with van der Waals surface area (Å²) in [6, 6.07) is 4.15. The van der Waals surface area contributed by atoms with Gasteiger partial charge in [-0.3, -0.25) is 4.79 Å². The molecule has 1 aliphatic rings. The maximum atomic E-state index is 12.0. The molecule has 1 N–H and O–H groups in total. The van der Waals surface area contributed by atoms with E-state index in [4.69, 9.17) is 5.26 Å². The van der Waals surface area contributed by atoms with Gasteiger partial charge in [0.1, 0.15) is 5.41 Å². The number of rotatable bonds is 3. The molecule has 5 heteroatoms. The molecule has 1 aromatic rings. The summed E-state index contributed by atoms with van der Waals surface area (Å²) in [4.78, 5) is 13.1. The van der Waals surface area contributed by atoms with Crippen LogP contribution in [-0.4, -0.2) is 5.91 Å². The van der Waals surface area contributed by atoms with Crippen molar-refractivity contribution < 1.29 is 4.79 Å². The zero-order valence-corrected chi connectivity index (χ0v) is 11.9. The number of halogens is 1. The van der Waals surface area contributed by atoms with Crippen molar-refractivity contribution in [1.29, 1.82) is 5.26 Å². The van der Waals surface area contributed by atoms with Gasteiger partial charge in [-0.1, -0.05) is 6.92 Å². The van der Waals surface area contributed by atoms with Gasteiger partial charge in [-0.15, -0.1) is 11.3 Å². The fraction of sp³-hybridized carbons (Fsp3) is 0.500. The second kappa shape index (κ2) is 4.79. The van der Waals surface area contributed by atoms with E-state index in [2.05, 4.69) is 34.2 Å². The van der Waals surface area contributed by atoms with Crippen LogP contribution in [0.15, 0.2) is 15.9 Å². The van der Waals surface area contributed by atoms with Crippen LogP contribution in [0, 0.1) is 22.7 Å². The van der Waals surface area contributed by atoms with Crippen molar-refractivity contribution in [2.75, 3.05) is 0 Å². The predicted octanol–water partition coefficient (Wildman–Crippen LogP) is 3.07. The van der Waals surface area contributed by atoms with E-state index in [-0.39, 0.29) is 5.91 Å². The first-order valence-electron chi connectivity index (χ1n) is 5.48. The first-order valence-corrected chi connectivity index (χ1v) is 7.15. The lowest BCUT2D eigenvalue weighted by atomic mass is 9.63. The van der Waals surface area contributed by atoms with E-state index in [9.17, 15) is 4.79 Å². The SMILES string of the molecule is CC1CC(C#N)(C(=O)NCc2cc(Br)cs2)C1. The van der Waals surface area contributed by atoms with E-state index in [0.29, 0.717) is 25.3 Å². The number of amides is 1. The van der Waals surface area contributed by atoms with E-state index in [1.54, 1.807) is 11.3 Å². The van der Waals surface area contributed by atoms with Crippen molar-refractivity contribution >= 4 is 33.2 Å². The van der Waals surface area contributed by atoms with E-state index < -0.39 is 5.41 Å². The van der Waals surface area contributed by atoms with Crippen molar-refractivity contribution in [2.45, 2.75) is 26.3 Å². The van der Waals surface area contributed by atoms with Crippen LogP contribution < -0.4 is 5.32 Å². The van der Waals surface area contributed by atoms with Crippen LogP contribution in [0.2, 0.25) is 0 Å². The number of thiophene rings is 1. The molecule has 1 aromatic heterocycles. The monoisotopic (exact) mass is 312 g/mol. The standard InChI is InChI=1S/C12H13BrN2OS/c1-8-3-12(4-8,7-14)11(16)15-5-10-2-9(13)6-17-10/h2,6,8H,3-5H2,1H3,(H,15,16). The summed E-state index contributed by atoms with van der Waals surface area (Å²) in [5, 5.41) is 13.9. The highest BCUT2D eigenvalue weighted by Crippen LogP contribution is 2.45. The maximum Gasteiger partial charge on any atom is 0.240 e. The summed E-state index contributed by atoms with van der Waals surface area (Å²) in [6.45, 7) is 2.58. The fourth-order valence-electron chi connectivity index (χ4n) is 2.24. The molecule has 1 aliphatic carbocycles. The van der Waals surface area contributed by atoms with Gasteiger partial charge in [0, 0.05) is 14.7 Å². The molecule has 3 nitrogen and oxygen atoms in total. The summed E-state index contributed by atoms with van der Waals surface area (Å²) in [6.07, 6.45) is 1.37. The van der Waals surface area contributed by atoms with Gasteiger partial charge < -0.3 is 5.32 Å². The lowest BCUT2D eigenvalue weighted by molar-refractivity contribution is -0.134. The number of nitriles is 1. The molecule has 0 bridgehead atoms. The fourth-order valence-corrected chi connectivity index (χ4v) is 3.63. The third kappa shape index (κ3) is 2.53. The molecule has 1 heterocycles. The van der Waals surface area contributed by atoms with Crippen molar-refractivity contribution in [3.8, 4) is 6.07 Å². The summed E-state index contributed by atoms with van der Waals surface area (Å²) in [7, 11) is 0. The Morgan fingerprint density at radius 3 is 2.94 bits per heavy atom. The summed E-state index contributed by atoms with van der Waals surface area (Å²) >= 11 is 4.96. The van der Waals surface area contributed by atoms with Gasteiger partial charge in [0.05, 0.1) is 12.6 Å². The van der Waals surface area contributed by atoms with Crippen LogP contribution >= 0.6 is 27.3 Å². The maximum absolute atomic E-state index is 12.0. The van der Waals surface area contributed by atoms with Crippen molar-refractivity contribution in [3.05, 3.63) is 20.8 Å². The molecule has 1 fully saturated rings. The molecule has 2 rings (SSSR count). The molecule has 0 atom stereocenters. The molecule has 0 aliphatic heterocycles. The molecule has 0 radical (unpaired) electrons. The zero-order chi connectivity index (χ0) is 12.5. The lowest BCUT2D eigenvalue weighted by Crippen LogP contribution is -2.47. The largest absolute Gasteiger partial charge is 0.350 e. The topological polar surface area (TPSA) is 52.9 Å². The Hall–Kier alpha value is -0.860. The summed E-state index contributed by atoms with van der Waals surface area (Å²) in [5.74, 6) is 0.360. The number of carbonyl (C=O) groups is 1. The Bertz CT molecular complexity index is 471. The molecule has 0 aromatic carbocycles. The number of nitrogens with one attached hydrogen (secondary N) is 1. The molecule has 0 spiro atoms. The van der Waals surface area contributed by atoms with Crippen molar-refractivity contribution in [2.24, 2.45) is 11.3 Å². The second-order valence-electron chi connectivity index (χ2n) is 4.62. The van der Waals surface area contributed by atoms with Crippen LogP contribution in [0.4, 0.5) is 0 Å². The summed E-state index contributed by atoms with van der Waals surface area (Å²) in [5.41, 5.74) is -0.770. The number of hydrogen-bond donors (Lipinski definition) is 1. The van der Waals surface area contributed by atoms with Gasteiger partial charge in [0.15, 0.2) is 0 Å². The number of hydrogen-bond acceptors (Lipinski definition) is 3.